The summed E-state index contributed by atoms with van der Waals surface area (Å²) in [7, 11) is -3.01. The Kier molecular flexibility index (Phi) is 6.01. The van der Waals surface area contributed by atoms with Crippen LogP contribution < -0.4 is 5.32 Å². The fraction of sp³-hybridized carbons (Fsp3) is 0.467. The minimum atomic E-state index is -3.01. The molecule has 0 saturated carbocycles. The van der Waals surface area contributed by atoms with Crippen molar-refractivity contribution in [3.05, 3.63) is 34.9 Å². The summed E-state index contributed by atoms with van der Waals surface area (Å²) in [5.74, 6) is -1.03. The van der Waals surface area contributed by atoms with E-state index in [1.165, 1.54) is 0 Å². The summed E-state index contributed by atoms with van der Waals surface area (Å²) >= 11 is 5.76. The number of benzene rings is 1. The fourth-order valence-corrected chi connectivity index (χ4v) is 4.32. The molecule has 0 unspecified atom stereocenters. The van der Waals surface area contributed by atoms with Crippen molar-refractivity contribution in [3.8, 4) is 0 Å². The average molecular weight is 360 g/mol. The van der Waals surface area contributed by atoms with E-state index in [4.69, 9.17) is 16.3 Å². The van der Waals surface area contributed by atoms with E-state index in [0.29, 0.717) is 18.0 Å². The first-order chi connectivity index (χ1) is 10.8. The van der Waals surface area contributed by atoms with Gasteiger partial charge in [0, 0.05) is 18.0 Å². The van der Waals surface area contributed by atoms with E-state index in [1.807, 2.05) is 0 Å². The maximum Gasteiger partial charge on any atom is 0.306 e. The molecule has 0 bridgehead atoms. The number of rotatable bonds is 6. The van der Waals surface area contributed by atoms with E-state index in [2.05, 4.69) is 5.32 Å². The second-order valence-electron chi connectivity index (χ2n) is 5.54. The zero-order valence-electron chi connectivity index (χ0n) is 12.5. The van der Waals surface area contributed by atoms with Crippen molar-refractivity contribution in [2.24, 2.45) is 5.92 Å². The number of hydrogen-bond acceptors (Lipinski definition) is 5. The molecule has 1 amide bonds. The second-order valence-corrected chi connectivity index (χ2v) is 8.20. The van der Waals surface area contributed by atoms with E-state index in [-0.39, 0.29) is 30.5 Å². The summed E-state index contributed by atoms with van der Waals surface area (Å²) in [6.45, 7) is -0.0552. The van der Waals surface area contributed by atoms with Crippen LogP contribution in [0.5, 0.6) is 0 Å². The lowest BCUT2D eigenvalue weighted by molar-refractivity contribution is -0.149. The molecule has 1 atom stereocenters. The van der Waals surface area contributed by atoms with Crippen molar-refractivity contribution in [1.29, 1.82) is 0 Å². The number of sulfone groups is 1. The standard InChI is InChI=1S/C15H18ClNO5S/c16-13-3-1-11(2-4-13)8-17-14(18)9-22-15(19)7-12-5-6-23(20,21)10-12/h1-4,12H,5-10H2,(H,17,18)/t12-/m1/s1. The second kappa shape index (κ2) is 7.79. The van der Waals surface area contributed by atoms with Gasteiger partial charge in [0.15, 0.2) is 16.4 Å². The normalized spacial score (nSPS) is 19.3. The zero-order chi connectivity index (χ0) is 16.9. The molecule has 0 aromatic heterocycles. The Hall–Kier alpha value is -1.60. The average Bonchev–Trinajstić information content (AvgIpc) is 2.83. The molecule has 23 heavy (non-hydrogen) atoms. The molecular weight excluding hydrogens is 342 g/mol. The van der Waals surface area contributed by atoms with E-state index in [0.717, 1.165) is 5.56 Å². The number of halogens is 1. The molecule has 6 nitrogen and oxygen atoms in total. The number of amides is 1. The molecule has 8 heteroatoms. The van der Waals surface area contributed by atoms with Gasteiger partial charge in [0.1, 0.15) is 0 Å². The number of ether oxygens (including phenoxy) is 1. The van der Waals surface area contributed by atoms with Gasteiger partial charge in [-0.2, -0.15) is 0 Å². The Morgan fingerprint density at radius 2 is 1.96 bits per heavy atom. The fourth-order valence-electron chi connectivity index (χ4n) is 2.33. The van der Waals surface area contributed by atoms with Crippen LogP contribution in [0.25, 0.3) is 0 Å². The minimum absolute atomic E-state index is 0.0187. The molecule has 1 aromatic carbocycles. The minimum Gasteiger partial charge on any atom is -0.456 e. The van der Waals surface area contributed by atoms with E-state index >= 15 is 0 Å². The van der Waals surface area contributed by atoms with Crippen LogP contribution in [0.4, 0.5) is 0 Å². The molecule has 1 aliphatic heterocycles. The molecule has 1 aromatic rings. The highest BCUT2D eigenvalue weighted by Crippen LogP contribution is 2.21. The first-order valence-electron chi connectivity index (χ1n) is 7.21. The maximum absolute atomic E-state index is 11.6. The third-order valence-electron chi connectivity index (χ3n) is 3.55. The highest BCUT2D eigenvalue weighted by Gasteiger charge is 2.29. The Labute approximate surface area is 140 Å². The van der Waals surface area contributed by atoms with Gasteiger partial charge in [0.05, 0.1) is 11.5 Å². The third kappa shape index (κ3) is 6.19. The summed E-state index contributed by atoms with van der Waals surface area (Å²) in [6, 6.07) is 7.02. The molecule has 1 aliphatic rings. The Bertz CT molecular complexity index is 672. The summed E-state index contributed by atoms with van der Waals surface area (Å²) in [6.07, 6.45) is 0.504. The number of nitrogens with one attached hydrogen (secondary N) is 1. The Morgan fingerprint density at radius 3 is 2.57 bits per heavy atom. The molecule has 126 valence electrons. The summed E-state index contributed by atoms with van der Waals surface area (Å²) < 4.78 is 27.5. The molecular formula is C15H18ClNO5S. The number of carbonyl (C=O) groups excluding carboxylic acids is 2. The topological polar surface area (TPSA) is 89.5 Å². The molecule has 1 N–H and O–H groups in total. The predicted octanol–water partition coefficient (Wildman–Crippen LogP) is 1.32. The summed E-state index contributed by atoms with van der Waals surface area (Å²) in [5, 5.41) is 3.24. The smallest absolute Gasteiger partial charge is 0.306 e. The number of carbonyl (C=O) groups is 2. The summed E-state index contributed by atoms with van der Waals surface area (Å²) in [4.78, 5) is 23.2. The number of hydrogen-bond donors (Lipinski definition) is 1. The molecule has 1 heterocycles. The van der Waals surface area contributed by atoms with Crippen LogP contribution in [0.3, 0.4) is 0 Å². The highest BCUT2D eigenvalue weighted by atomic mass is 35.5. The molecule has 0 aliphatic carbocycles. The van der Waals surface area contributed by atoms with Crippen LogP contribution in [-0.4, -0.2) is 38.4 Å². The van der Waals surface area contributed by atoms with E-state index < -0.39 is 21.7 Å². The molecule has 1 saturated heterocycles. The van der Waals surface area contributed by atoms with Gasteiger partial charge >= 0.3 is 5.97 Å². The Balaban J connectivity index is 1.66. The number of esters is 1. The lowest BCUT2D eigenvalue weighted by Gasteiger charge is -2.09. The van der Waals surface area contributed by atoms with E-state index in [1.54, 1.807) is 24.3 Å². The lowest BCUT2D eigenvalue weighted by atomic mass is 10.1. The molecule has 1 fully saturated rings. The quantitative estimate of drug-likeness (QED) is 0.774. The lowest BCUT2D eigenvalue weighted by Crippen LogP contribution is -2.28. The largest absolute Gasteiger partial charge is 0.456 e. The van der Waals surface area contributed by atoms with Crippen molar-refractivity contribution in [1.82, 2.24) is 5.32 Å². The van der Waals surface area contributed by atoms with Gasteiger partial charge in [-0.1, -0.05) is 23.7 Å². The molecule has 2 rings (SSSR count). The third-order valence-corrected chi connectivity index (χ3v) is 5.64. The molecule has 0 spiro atoms. The van der Waals surface area contributed by atoms with Gasteiger partial charge < -0.3 is 10.1 Å². The summed E-state index contributed by atoms with van der Waals surface area (Å²) in [5.41, 5.74) is 0.880. The van der Waals surface area contributed by atoms with Crippen molar-refractivity contribution in [2.75, 3.05) is 18.1 Å². The van der Waals surface area contributed by atoms with Crippen molar-refractivity contribution >= 4 is 33.3 Å². The first-order valence-corrected chi connectivity index (χ1v) is 9.41. The van der Waals surface area contributed by atoms with Gasteiger partial charge in [-0.15, -0.1) is 0 Å². The maximum atomic E-state index is 11.6. The SMILES string of the molecule is O=C(COC(=O)C[C@H]1CCS(=O)(=O)C1)NCc1ccc(Cl)cc1. The van der Waals surface area contributed by atoms with Crippen molar-refractivity contribution in [3.63, 3.8) is 0 Å². The van der Waals surface area contributed by atoms with Crippen molar-refractivity contribution < 1.29 is 22.7 Å². The van der Waals surface area contributed by atoms with Gasteiger partial charge in [-0.05, 0) is 30.0 Å². The van der Waals surface area contributed by atoms with Crippen LogP contribution in [0.15, 0.2) is 24.3 Å². The van der Waals surface area contributed by atoms with Gasteiger partial charge in [-0.25, -0.2) is 8.42 Å². The van der Waals surface area contributed by atoms with Crippen LogP contribution in [0, 0.1) is 5.92 Å². The van der Waals surface area contributed by atoms with Crippen LogP contribution in [-0.2, 0) is 30.7 Å². The Morgan fingerprint density at radius 1 is 1.26 bits per heavy atom. The van der Waals surface area contributed by atoms with Gasteiger partial charge in [0.2, 0.25) is 0 Å². The monoisotopic (exact) mass is 359 g/mol. The highest BCUT2D eigenvalue weighted by molar-refractivity contribution is 7.91. The zero-order valence-corrected chi connectivity index (χ0v) is 14.0. The predicted molar refractivity (Wildman–Crippen MR) is 85.6 cm³/mol. The first kappa shape index (κ1) is 17.7. The molecule has 0 radical (unpaired) electrons. The van der Waals surface area contributed by atoms with Crippen LogP contribution >= 0.6 is 11.6 Å². The van der Waals surface area contributed by atoms with Crippen LogP contribution in [0.1, 0.15) is 18.4 Å². The van der Waals surface area contributed by atoms with Crippen LogP contribution in [0.2, 0.25) is 5.02 Å². The van der Waals surface area contributed by atoms with Gasteiger partial charge in [-0.3, -0.25) is 9.59 Å². The van der Waals surface area contributed by atoms with E-state index in [9.17, 15) is 18.0 Å². The van der Waals surface area contributed by atoms with Crippen molar-refractivity contribution in [2.45, 2.75) is 19.4 Å². The van der Waals surface area contributed by atoms with Gasteiger partial charge in [0.25, 0.3) is 5.91 Å².